The van der Waals surface area contributed by atoms with Crippen LogP contribution in [0.4, 0.5) is 11.9 Å². The molecule has 1 aliphatic heterocycles. The van der Waals surface area contributed by atoms with Gasteiger partial charge < -0.3 is 9.47 Å². The summed E-state index contributed by atoms with van der Waals surface area (Å²) in [7, 11) is 0. The lowest BCUT2D eigenvalue weighted by molar-refractivity contribution is 0.0256. The van der Waals surface area contributed by atoms with Gasteiger partial charge in [0.25, 0.3) is 0 Å². The molecule has 146 valence electrons. The summed E-state index contributed by atoms with van der Waals surface area (Å²) in [6, 6.07) is 9.83. The molecule has 0 amide bonds. The highest BCUT2D eigenvalue weighted by Crippen LogP contribution is 2.24. The Balaban J connectivity index is 1.44. The molecule has 8 heteroatoms. The molecule has 1 aromatic carbocycles. The van der Waals surface area contributed by atoms with Crippen LogP contribution in [0.5, 0.6) is 5.75 Å². The van der Waals surface area contributed by atoms with E-state index in [4.69, 9.17) is 9.47 Å². The number of anilines is 2. The number of benzene rings is 1. The Morgan fingerprint density at radius 2 is 1.86 bits per heavy atom. The van der Waals surface area contributed by atoms with E-state index in [2.05, 4.69) is 44.3 Å². The first-order valence-electron chi connectivity index (χ1n) is 9.54. The Morgan fingerprint density at radius 3 is 2.57 bits per heavy atom. The van der Waals surface area contributed by atoms with E-state index in [0.717, 1.165) is 48.9 Å². The van der Waals surface area contributed by atoms with Crippen molar-refractivity contribution in [3.8, 4) is 17.0 Å². The molecule has 2 N–H and O–H groups in total. The van der Waals surface area contributed by atoms with Gasteiger partial charge in [0.2, 0.25) is 11.9 Å². The first-order valence-corrected chi connectivity index (χ1v) is 9.54. The first kappa shape index (κ1) is 18.4. The van der Waals surface area contributed by atoms with Crippen LogP contribution in [0.2, 0.25) is 0 Å². The molecule has 3 heterocycles. The lowest BCUT2D eigenvalue weighted by Crippen LogP contribution is -2.25. The molecule has 0 bridgehead atoms. The minimum Gasteiger partial charge on any atom is -0.490 e. The van der Waals surface area contributed by atoms with Crippen LogP contribution in [-0.2, 0) is 4.74 Å². The second kappa shape index (κ2) is 8.35. The molecule has 1 saturated heterocycles. The van der Waals surface area contributed by atoms with Gasteiger partial charge in [0.1, 0.15) is 17.7 Å². The van der Waals surface area contributed by atoms with E-state index in [1.807, 2.05) is 30.3 Å². The van der Waals surface area contributed by atoms with E-state index in [1.165, 1.54) is 0 Å². The summed E-state index contributed by atoms with van der Waals surface area (Å²) >= 11 is 0. The molecular formula is C20H24N6O2. The molecule has 4 rings (SSSR count). The normalized spacial score (nSPS) is 15.0. The summed E-state index contributed by atoms with van der Waals surface area (Å²) in [6.07, 6.45) is 3.81. The summed E-state index contributed by atoms with van der Waals surface area (Å²) in [4.78, 5) is 13.2. The predicted molar refractivity (Wildman–Crippen MR) is 106 cm³/mol. The van der Waals surface area contributed by atoms with Crippen LogP contribution in [0.25, 0.3) is 11.3 Å². The zero-order valence-electron chi connectivity index (χ0n) is 16.1. The highest BCUT2D eigenvalue weighted by molar-refractivity contribution is 5.61. The molecule has 0 saturated carbocycles. The highest BCUT2D eigenvalue weighted by Gasteiger charge is 2.15. The zero-order chi connectivity index (χ0) is 19.3. The SMILES string of the molecule is CC(C)c1nc(Nc2nccc(-c3ccc(OC4CCOCC4)cc3)n2)n[nH]1. The van der Waals surface area contributed by atoms with Crippen LogP contribution < -0.4 is 10.1 Å². The predicted octanol–water partition coefficient (Wildman–Crippen LogP) is 3.69. The number of nitrogens with zero attached hydrogens (tertiary/aromatic N) is 4. The summed E-state index contributed by atoms with van der Waals surface area (Å²) in [6.45, 7) is 5.64. The van der Waals surface area contributed by atoms with Gasteiger partial charge in [0, 0.05) is 30.5 Å². The van der Waals surface area contributed by atoms with E-state index in [9.17, 15) is 0 Å². The minimum absolute atomic E-state index is 0.228. The maximum Gasteiger partial charge on any atom is 0.248 e. The third kappa shape index (κ3) is 4.45. The third-order valence-corrected chi connectivity index (χ3v) is 4.55. The van der Waals surface area contributed by atoms with Crippen LogP contribution in [0, 0.1) is 0 Å². The van der Waals surface area contributed by atoms with E-state index >= 15 is 0 Å². The van der Waals surface area contributed by atoms with Crippen molar-refractivity contribution in [2.75, 3.05) is 18.5 Å². The Morgan fingerprint density at radius 1 is 1.07 bits per heavy atom. The largest absolute Gasteiger partial charge is 0.490 e. The van der Waals surface area contributed by atoms with E-state index in [-0.39, 0.29) is 12.0 Å². The molecule has 3 aromatic rings. The van der Waals surface area contributed by atoms with Gasteiger partial charge in [-0.25, -0.2) is 9.97 Å². The van der Waals surface area contributed by atoms with Crippen molar-refractivity contribution in [3.63, 3.8) is 0 Å². The number of rotatable bonds is 6. The van der Waals surface area contributed by atoms with Gasteiger partial charge in [0.15, 0.2) is 0 Å². The Labute approximate surface area is 163 Å². The Hall–Kier alpha value is -3.00. The van der Waals surface area contributed by atoms with Gasteiger partial charge >= 0.3 is 0 Å². The van der Waals surface area contributed by atoms with Crippen LogP contribution in [0.1, 0.15) is 38.4 Å². The van der Waals surface area contributed by atoms with Gasteiger partial charge in [-0.05, 0) is 30.3 Å². The second-order valence-corrected chi connectivity index (χ2v) is 7.04. The maximum atomic E-state index is 6.03. The smallest absolute Gasteiger partial charge is 0.248 e. The zero-order valence-corrected chi connectivity index (χ0v) is 16.1. The van der Waals surface area contributed by atoms with Gasteiger partial charge in [-0.2, -0.15) is 4.98 Å². The number of hydrogen-bond donors (Lipinski definition) is 2. The van der Waals surface area contributed by atoms with Crippen molar-refractivity contribution >= 4 is 11.9 Å². The van der Waals surface area contributed by atoms with Crippen molar-refractivity contribution in [1.29, 1.82) is 0 Å². The van der Waals surface area contributed by atoms with Crippen LogP contribution in [0.3, 0.4) is 0 Å². The molecule has 0 atom stereocenters. The van der Waals surface area contributed by atoms with Gasteiger partial charge in [-0.15, -0.1) is 5.10 Å². The Bertz CT molecular complexity index is 903. The van der Waals surface area contributed by atoms with Crippen molar-refractivity contribution in [2.24, 2.45) is 0 Å². The maximum absolute atomic E-state index is 6.03. The average molecular weight is 380 g/mol. The summed E-state index contributed by atoms with van der Waals surface area (Å²) < 4.78 is 11.4. The monoisotopic (exact) mass is 380 g/mol. The molecule has 8 nitrogen and oxygen atoms in total. The molecule has 1 aliphatic rings. The fourth-order valence-electron chi connectivity index (χ4n) is 2.96. The standard InChI is InChI=1S/C20H24N6O2/c1-13(2)18-23-20(26-25-18)24-19-21-10-7-17(22-19)14-3-5-15(6-4-14)28-16-8-11-27-12-9-16/h3-7,10,13,16H,8-9,11-12H2,1-2H3,(H2,21,22,23,24,25,26). The van der Waals surface area contributed by atoms with Crippen LogP contribution in [0.15, 0.2) is 36.5 Å². The van der Waals surface area contributed by atoms with E-state index in [0.29, 0.717) is 11.9 Å². The number of nitrogens with one attached hydrogen (secondary N) is 2. The summed E-state index contributed by atoms with van der Waals surface area (Å²) in [5.74, 6) is 2.87. The number of ether oxygens (including phenoxy) is 2. The van der Waals surface area contributed by atoms with Gasteiger partial charge in [0.05, 0.1) is 18.9 Å². The number of H-pyrrole nitrogens is 1. The molecule has 0 spiro atoms. The first-order chi connectivity index (χ1) is 13.7. The van der Waals surface area contributed by atoms with Gasteiger partial charge in [-0.3, -0.25) is 10.4 Å². The second-order valence-electron chi connectivity index (χ2n) is 7.04. The van der Waals surface area contributed by atoms with Crippen molar-refractivity contribution in [2.45, 2.75) is 38.7 Å². The molecule has 1 fully saturated rings. The molecule has 0 radical (unpaired) electrons. The summed E-state index contributed by atoms with van der Waals surface area (Å²) in [5, 5.41) is 10.1. The highest BCUT2D eigenvalue weighted by atomic mass is 16.5. The summed E-state index contributed by atoms with van der Waals surface area (Å²) in [5.41, 5.74) is 1.80. The molecule has 0 unspecified atom stereocenters. The number of hydrogen-bond acceptors (Lipinski definition) is 7. The van der Waals surface area contributed by atoms with Gasteiger partial charge in [-0.1, -0.05) is 13.8 Å². The van der Waals surface area contributed by atoms with E-state index in [1.54, 1.807) is 6.20 Å². The van der Waals surface area contributed by atoms with Crippen molar-refractivity contribution < 1.29 is 9.47 Å². The average Bonchev–Trinajstić information content (AvgIpc) is 3.18. The molecule has 0 aliphatic carbocycles. The quantitative estimate of drug-likeness (QED) is 0.673. The van der Waals surface area contributed by atoms with Crippen molar-refractivity contribution in [3.05, 3.63) is 42.4 Å². The molecule has 2 aromatic heterocycles. The molecule has 28 heavy (non-hydrogen) atoms. The lowest BCUT2D eigenvalue weighted by Gasteiger charge is -2.23. The third-order valence-electron chi connectivity index (χ3n) is 4.55. The minimum atomic E-state index is 0.228. The van der Waals surface area contributed by atoms with Crippen molar-refractivity contribution in [1.82, 2.24) is 25.1 Å². The topological polar surface area (TPSA) is 97.8 Å². The number of aromatic nitrogens is 5. The van der Waals surface area contributed by atoms with Crippen LogP contribution in [-0.4, -0.2) is 44.5 Å². The Kier molecular flexibility index (Phi) is 5.48. The fourth-order valence-corrected chi connectivity index (χ4v) is 2.96. The fraction of sp³-hybridized carbons (Fsp3) is 0.400. The lowest BCUT2D eigenvalue weighted by atomic mass is 10.1. The van der Waals surface area contributed by atoms with E-state index < -0.39 is 0 Å². The number of aromatic amines is 1. The van der Waals surface area contributed by atoms with Crippen LogP contribution >= 0.6 is 0 Å². The molecular weight excluding hydrogens is 356 g/mol.